The van der Waals surface area contributed by atoms with Crippen molar-refractivity contribution in [2.24, 2.45) is 5.18 Å². The molecule has 0 saturated heterocycles. The van der Waals surface area contributed by atoms with Crippen LogP contribution in [0.2, 0.25) is 0 Å². The van der Waals surface area contributed by atoms with Crippen LogP contribution in [-0.4, -0.2) is 29.2 Å². The van der Waals surface area contributed by atoms with Gasteiger partial charge in [-0.05, 0) is 5.18 Å². The van der Waals surface area contributed by atoms with E-state index in [1.807, 2.05) is 0 Å². The van der Waals surface area contributed by atoms with Gasteiger partial charge in [0, 0.05) is 14.1 Å². The number of nitrogens with zero attached hydrogens (tertiary/aromatic N) is 3. The summed E-state index contributed by atoms with van der Waals surface area (Å²) in [5, 5.41) is 11.4. The Hall–Kier alpha value is -1.92. The number of aromatic nitrogens is 2. The molecule has 13 heavy (non-hydrogen) atoms. The van der Waals surface area contributed by atoms with Gasteiger partial charge in [0.2, 0.25) is 17.5 Å². The summed E-state index contributed by atoms with van der Waals surface area (Å²) in [5.41, 5.74) is -1.36. The van der Waals surface area contributed by atoms with Crippen molar-refractivity contribution < 1.29 is 5.11 Å². The first kappa shape index (κ1) is 9.17. The number of aromatic hydroxyl groups is 1. The molecule has 0 aliphatic carbocycles. The molecule has 7 nitrogen and oxygen atoms in total. The highest BCUT2D eigenvalue weighted by Crippen LogP contribution is 2.18. The number of nitroso groups, excluding NO2 is 1. The number of hydrogen-bond acceptors (Lipinski definition) is 6. The molecule has 0 aromatic carbocycles. The van der Waals surface area contributed by atoms with E-state index >= 15 is 0 Å². The van der Waals surface area contributed by atoms with E-state index in [1.165, 1.54) is 4.90 Å². The quantitative estimate of drug-likeness (QED) is 0.627. The van der Waals surface area contributed by atoms with Crippen LogP contribution in [0, 0.1) is 4.91 Å². The normalized spacial score (nSPS) is 9.69. The Morgan fingerprint density at radius 3 is 2.54 bits per heavy atom. The fourth-order valence-corrected chi connectivity index (χ4v) is 0.738. The van der Waals surface area contributed by atoms with Crippen molar-refractivity contribution in [3.8, 4) is 5.88 Å². The first-order valence-electron chi connectivity index (χ1n) is 3.40. The molecule has 0 spiro atoms. The molecule has 7 heteroatoms. The Morgan fingerprint density at radius 1 is 1.54 bits per heavy atom. The number of aromatic amines is 1. The van der Waals surface area contributed by atoms with E-state index in [0.29, 0.717) is 0 Å². The predicted molar refractivity (Wildman–Crippen MR) is 46.3 cm³/mol. The Morgan fingerprint density at radius 2 is 2.15 bits per heavy atom. The lowest BCUT2D eigenvalue weighted by Gasteiger charge is -2.09. The van der Waals surface area contributed by atoms with Crippen molar-refractivity contribution in [2.45, 2.75) is 0 Å². The maximum absolute atomic E-state index is 11.0. The van der Waals surface area contributed by atoms with Crippen molar-refractivity contribution in [1.29, 1.82) is 0 Å². The summed E-state index contributed by atoms with van der Waals surface area (Å²) in [4.78, 5) is 28.4. The van der Waals surface area contributed by atoms with Gasteiger partial charge in [0.1, 0.15) is 0 Å². The van der Waals surface area contributed by atoms with Crippen LogP contribution in [0.5, 0.6) is 5.88 Å². The topological polar surface area (TPSA) is 98.6 Å². The van der Waals surface area contributed by atoms with Crippen molar-refractivity contribution in [3.05, 3.63) is 15.3 Å². The Bertz CT molecular complexity index is 384. The fraction of sp³-hybridized carbons (Fsp3) is 0.333. The summed E-state index contributed by atoms with van der Waals surface area (Å²) in [6.07, 6.45) is 0. The molecule has 0 aliphatic heterocycles. The molecule has 0 aliphatic rings. The lowest BCUT2D eigenvalue weighted by Crippen LogP contribution is -2.18. The van der Waals surface area contributed by atoms with Gasteiger partial charge in [0.15, 0.2) is 0 Å². The second-order valence-electron chi connectivity index (χ2n) is 2.55. The first-order valence-corrected chi connectivity index (χ1v) is 3.40. The molecule has 2 N–H and O–H groups in total. The third-order valence-electron chi connectivity index (χ3n) is 1.38. The van der Waals surface area contributed by atoms with Gasteiger partial charge in [-0.2, -0.15) is 4.98 Å². The fourth-order valence-electron chi connectivity index (χ4n) is 0.738. The third-order valence-corrected chi connectivity index (χ3v) is 1.38. The Labute approximate surface area is 73.0 Å². The number of hydrogen-bond donors (Lipinski definition) is 2. The van der Waals surface area contributed by atoms with Gasteiger partial charge in [-0.3, -0.25) is 9.78 Å². The van der Waals surface area contributed by atoms with E-state index in [4.69, 9.17) is 5.11 Å². The molecule has 1 rings (SSSR count). The van der Waals surface area contributed by atoms with E-state index in [-0.39, 0.29) is 5.95 Å². The number of rotatable bonds is 2. The molecule has 0 saturated carbocycles. The zero-order valence-electron chi connectivity index (χ0n) is 7.11. The van der Waals surface area contributed by atoms with Crippen molar-refractivity contribution in [1.82, 2.24) is 9.97 Å². The van der Waals surface area contributed by atoms with E-state index < -0.39 is 17.1 Å². The van der Waals surface area contributed by atoms with E-state index in [2.05, 4.69) is 15.1 Å². The third kappa shape index (κ3) is 1.63. The summed E-state index contributed by atoms with van der Waals surface area (Å²) in [7, 11) is 3.26. The lowest BCUT2D eigenvalue weighted by atomic mass is 10.5. The monoisotopic (exact) mass is 184 g/mol. The Balaban J connectivity index is 3.37. The minimum absolute atomic E-state index is 0.162. The molecule has 0 bridgehead atoms. The summed E-state index contributed by atoms with van der Waals surface area (Å²) >= 11 is 0. The van der Waals surface area contributed by atoms with Crippen molar-refractivity contribution in [3.63, 3.8) is 0 Å². The van der Waals surface area contributed by atoms with Crippen LogP contribution in [0.25, 0.3) is 0 Å². The smallest absolute Gasteiger partial charge is 0.285 e. The van der Waals surface area contributed by atoms with Crippen LogP contribution in [0.1, 0.15) is 0 Å². The van der Waals surface area contributed by atoms with Crippen molar-refractivity contribution >= 4 is 11.6 Å². The maximum atomic E-state index is 11.0. The molecule has 0 fully saturated rings. The average molecular weight is 184 g/mol. The summed E-state index contributed by atoms with van der Waals surface area (Å²) in [5.74, 6) is -0.502. The SMILES string of the molecule is CN(C)c1nc(O)c(N=O)c(=O)[nH]1. The van der Waals surface area contributed by atoms with Crippen LogP contribution in [0.15, 0.2) is 9.97 Å². The second kappa shape index (κ2) is 3.21. The molecule has 1 heterocycles. The van der Waals surface area contributed by atoms with Gasteiger partial charge in [-0.1, -0.05) is 0 Å². The number of anilines is 1. The summed E-state index contributed by atoms with van der Waals surface area (Å²) < 4.78 is 0. The van der Waals surface area contributed by atoms with Gasteiger partial charge in [-0.15, -0.1) is 4.91 Å². The molecule has 70 valence electrons. The number of H-pyrrole nitrogens is 1. The van der Waals surface area contributed by atoms with Crippen molar-refractivity contribution in [2.75, 3.05) is 19.0 Å². The maximum Gasteiger partial charge on any atom is 0.285 e. The van der Waals surface area contributed by atoms with Crippen LogP contribution in [0.4, 0.5) is 11.6 Å². The van der Waals surface area contributed by atoms with E-state index in [9.17, 15) is 9.70 Å². The molecule has 0 atom stereocenters. The summed E-state index contributed by atoms with van der Waals surface area (Å²) in [6.45, 7) is 0. The van der Waals surface area contributed by atoms with Gasteiger partial charge < -0.3 is 10.0 Å². The lowest BCUT2D eigenvalue weighted by molar-refractivity contribution is 0.453. The Kier molecular flexibility index (Phi) is 2.27. The van der Waals surface area contributed by atoms with Gasteiger partial charge in [0.25, 0.3) is 5.56 Å². The predicted octanol–water partition coefficient (Wildman–Crippen LogP) is -0.0606. The highest BCUT2D eigenvalue weighted by Gasteiger charge is 2.11. The molecular formula is C6H8N4O3. The van der Waals surface area contributed by atoms with Gasteiger partial charge >= 0.3 is 0 Å². The van der Waals surface area contributed by atoms with Crippen LogP contribution >= 0.6 is 0 Å². The summed E-state index contributed by atoms with van der Waals surface area (Å²) in [6, 6.07) is 0. The average Bonchev–Trinajstić information content (AvgIpc) is 2.03. The highest BCUT2D eigenvalue weighted by atomic mass is 16.3. The number of nitrogens with one attached hydrogen (secondary N) is 1. The highest BCUT2D eigenvalue weighted by molar-refractivity contribution is 5.47. The van der Waals surface area contributed by atoms with E-state index in [1.54, 1.807) is 14.1 Å². The minimum atomic E-state index is -0.758. The van der Waals surface area contributed by atoms with Crippen LogP contribution < -0.4 is 10.5 Å². The molecule has 1 aromatic rings. The van der Waals surface area contributed by atoms with Crippen LogP contribution in [-0.2, 0) is 0 Å². The first-order chi connectivity index (χ1) is 6.06. The molecular weight excluding hydrogens is 176 g/mol. The standard InChI is InChI=1S/C6H8N4O3/c1-10(2)6-7-4(11)3(9-13)5(12)8-6/h1-2H3,(H2,7,8,11,12). The molecule has 0 radical (unpaired) electrons. The largest absolute Gasteiger partial charge is 0.491 e. The molecule has 1 aromatic heterocycles. The van der Waals surface area contributed by atoms with Gasteiger partial charge in [0.05, 0.1) is 0 Å². The zero-order valence-corrected chi connectivity index (χ0v) is 7.11. The zero-order chi connectivity index (χ0) is 10.0. The second-order valence-corrected chi connectivity index (χ2v) is 2.55. The molecule has 0 unspecified atom stereocenters. The van der Waals surface area contributed by atoms with Gasteiger partial charge in [-0.25, -0.2) is 0 Å². The van der Waals surface area contributed by atoms with Crippen LogP contribution in [0.3, 0.4) is 0 Å². The van der Waals surface area contributed by atoms with E-state index in [0.717, 1.165) is 0 Å². The minimum Gasteiger partial charge on any atom is -0.491 e. The molecule has 0 amide bonds.